The standard InChI is InChI=1S/C29H32BrN3O5S/c1-19-15-23(30)16-20(2)27(19)33-14-8-11-24(29(33)35)31-28(34)22-12-13-25(38-4)26(17-22)39(36,37)32(3)18-21-9-6-5-7-10-21/h5-7,9-10,12-13,15-17,24H,8,11,14,18H2,1-4H3,(H,31,34). The van der Waals surface area contributed by atoms with E-state index in [1.54, 1.807) is 4.90 Å². The highest BCUT2D eigenvalue weighted by molar-refractivity contribution is 9.10. The van der Waals surface area contributed by atoms with E-state index >= 15 is 0 Å². The van der Waals surface area contributed by atoms with E-state index in [-0.39, 0.29) is 28.7 Å². The Labute approximate surface area is 238 Å². The van der Waals surface area contributed by atoms with Crippen LogP contribution in [0, 0.1) is 13.8 Å². The third kappa shape index (κ3) is 6.18. The molecule has 0 bridgehead atoms. The van der Waals surface area contributed by atoms with Crippen molar-refractivity contribution in [2.75, 3.05) is 25.6 Å². The molecule has 39 heavy (non-hydrogen) atoms. The fourth-order valence-corrected chi connectivity index (χ4v) is 6.94. The van der Waals surface area contributed by atoms with Gasteiger partial charge in [0.15, 0.2) is 0 Å². The number of hydrogen-bond acceptors (Lipinski definition) is 5. The van der Waals surface area contributed by atoms with Gasteiger partial charge in [0.25, 0.3) is 5.91 Å². The van der Waals surface area contributed by atoms with Crippen molar-refractivity contribution in [3.05, 3.63) is 87.4 Å². The highest BCUT2D eigenvalue weighted by atomic mass is 79.9. The predicted molar refractivity (Wildman–Crippen MR) is 155 cm³/mol. The first-order chi connectivity index (χ1) is 18.5. The zero-order valence-electron chi connectivity index (χ0n) is 22.4. The number of piperidine rings is 1. The summed E-state index contributed by atoms with van der Waals surface area (Å²) < 4.78 is 34.4. The number of carbonyl (C=O) groups excluding carboxylic acids is 2. The highest BCUT2D eigenvalue weighted by Gasteiger charge is 2.33. The Morgan fingerprint density at radius 2 is 1.77 bits per heavy atom. The van der Waals surface area contributed by atoms with Crippen LogP contribution in [0.5, 0.6) is 5.75 Å². The number of methoxy groups -OCH3 is 1. The number of nitrogens with zero attached hydrogens (tertiary/aromatic N) is 2. The number of anilines is 1. The van der Waals surface area contributed by atoms with E-state index in [0.29, 0.717) is 13.0 Å². The molecule has 1 atom stereocenters. The maximum absolute atomic E-state index is 13.5. The lowest BCUT2D eigenvalue weighted by Crippen LogP contribution is -2.52. The number of ether oxygens (including phenoxy) is 1. The molecule has 10 heteroatoms. The molecule has 0 aromatic heterocycles. The Bertz CT molecular complexity index is 1470. The summed E-state index contributed by atoms with van der Waals surface area (Å²) in [5, 5.41) is 2.83. The first-order valence-corrected chi connectivity index (χ1v) is 14.8. The molecule has 0 radical (unpaired) electrons. The number of halogens is 1. The molecule has 1 heterocycles. The second kappa shape index (κ2) is 11.9. The fourth-order valence-electron chi connectivity index (χ4n) is 4.91. The maximum atomic E-state index is 13.5. The number of sulfonamides is 1. The van der Waals surface area contributed by atoms with Crippen molar-refractivity contribution < 1.29 is 22.7 Å². The van der Waals surface area contributed by atoms with Gasteiger partial charge >= 0.3 is 0 Å². The third-order valence-electron chi connectivity index (χ3n) is 6.83. The van der Waals surface area contributed by atoms with Gasteiger partial charge < -0.3 is 15.0 Å². The molecule has 1 N–H and O–H groups in total. The summed E-state index contributed by atoms with van der Waals surface area (Å²) in [6.07, 6.45) is 1.22. The molecular formula is C29H32BrN3O5S. The minimum absolute atomic E-state index is 0.117. The van der Waals surface area contributed by atoms with Crippen molar-refractivity contribution >= 4 is 43.5 Å². The van der Waals surface area contributed by atoms with Crippen molar-refractivity contribution in [3.63, 3.8) is 0 Å². The number of carbonyl (C=O) groups is 2. The molecule has 1 aliphatic heterocycles. The van der Waals surface area contributed by atoms with Gasteiger partial charge in [0.1, 0.15) is 16.7 Å². The number of rotatable bonds is 8. The van der Waals surface area contributed by atoms with Gasteiger partial charge in [0, 0.05) is 35.9 Å². The van der Waals surface area contributed by atoms with Gasteiger partial charge in [-0.3, -0.25) is 9.59 Å². The quantitative estimate of drug-likeness (QED) is 0.393. The van der Waals surface area contributed by atoms with Gasteiger partial charge in [-0.2, -0.15) is 4.31 Å². The summed E-state index contributed by atoms with van der Waals surface area (Å²) in [5.41, 5.74) is 3.73. The van der Waals surface area contributed by atoms with Crippen LogP contribution in [-0.2, 0) is 21.4 Å². The van der Waals surface area contributed by atoms with Crippen molar-refractivity contribution in [2.24, 2.45) is 0 Å². The van der Waals surface area contributed by atoms with Gasteiger partial charge in [-0.1, -0.05) is 46.3 Å². The molecule has 2 amide bonds. The van der Waals surface area contributed by atoms with Crippen LogP contribution in [0.15, 0.2) is 70.0 Å². The van der Waals surface area contributed by atoms with Gasteiger partial charge in [0.05, 0.1) is 7.11 Å². The molecule has 4 rings (SSSR count). The molecule has 1 aliphatic rings. The highest BCUT2D eigenvalue weighted by Crippen LogP contribution is 2.32. The normalized spacial score (nSPS) is 15.9. The topological polar surface area (TPSA) is 96.0 Å². The van der Waals surface area contributed by atoms with Gasteiger partial charge in [-0.25, -0.2) is 8.42 Å². The van der Waals surface area contributed by atoms with Crippen molar-refractivity contribution in [1.29, 1.82) is 0 Å². The van der Waals surface area contributed by atoms with Crippen LogP contribution in [0.25, 0.3) is 0 Å². The SMILES string of the molecule is COc1ccc(C(=O)NC2CCCN(c3c(C)cc(Br)cc3C)C2=O)cc1S(=O)(=O)N(C)Cc1ccccc1. The number of amides is 2. The van der Waals surface area contributed by atoms with E-state index in [2.05, 4.69) is 21.2 Å². The largest absolute Gasteiger partial charge is 0.495 e. The third-order valence-corrected chi connectivity index (χ3v) is 9.11. The fraction of sp³-hybridized carbons (Fsp3) is 0.310. The monoisotopic (exact) mass is 613 g/mol. The molecular weight excluding hydrogens is 582 g/mol. The van der Waals surface area contributed by atoms with Crippen LogP contribution in [0.3, 0.4) is 0 Å². The van der Waals surface area contributed by atoms with Crippen LogP contribution in [0.1, 0.15) is 39.9 Å². The Hall–Kier alpha value is -3.21. The summed E-state index contributed by atoms with van der Waals surface area (Å²) in [4.78, 5) is 28.3. The molecule has 0 saturated carbocycles. The Balaban J connectivity index is 1.56. The zero-order valence-corrected chi connectivity index (χ0v) is 24.8. The van der Waals surface area contributed by atoms with Crippen molar-refractivity contribution in [2.45, 2.75) is 44.2 Å². The van der Waals surface area contributed by atoms with Crippen LogP contribution >= 0.6 is 15.9 Å². The minimum Gasteiger partial charge on any atom is -0.495 e. The lowest BCUT2D eigenvalue weighted by Gasteiger charge is -2.34. The molecule has 206 valence electrons. The molecule has 3 aromatic rings. The van der Waals surface area contributed by atoms with Crippen LogP contribution in [0.2, 0.25) is 0 Å². The Morgan fingerprint density at radius 1 is 1.10 bits per heavy atom. The predicted octanol–water partition coefficient (Wildman–Crippen LogP) is 4.82. The van der Waals surface area contributed by atoms with Crippen LogP contribution < -0.4 is 15.0 Å². The van der Waals surface area contributed by atoms with E-state index in [0.717, 1.165) is 33.3 Å². The van der Waals surface area contributed by atoms with E-state index in [9.17, 15) is 18.0 Å². The lowest BCUT2D eigenvalue weighted by molar-refractivity contribution is -0.121. The molecule has 0 spiro atoms. The van der Waals surface area contributed by atoms with E-state index in [1.165, 1.54) is 36.7 Å². The summed E-state index contributed by atoms with van der Waals surface area (Å²) in [6.45, 7) is 4.63. The average Bonchev–Trinajstić information content (AvgIpc) is 2.90. The molecule has 3 aromatic carbocycles. The smallest absolute Gasteiger partial charge is 0.251 e. The summed E-state index contributed by atoms with van der Waals surface area (Å²) in [5.74, 6) is -0.580. The second-order valence-electron chi connectivity index (χ2n) is 9.66. The van der Waals surface area contributed by atoms with E-state index in [1.807, 2.05) is 56.3 Å². The van der Waals surface area contributed by atoms with Gasteiger partial charge in [-0.05, 0) is 73.7 Å². The molecule has 1 fully saturated rings. The zero-order chi connectivity index (χ0) is 28.3. The summed E-state index contributed by atoms with van der Waals surface area (Å²) >= 11 is 3.50. The number of aryl methyl sites for hydroxylation is 2. The molecule has 1 unspecified atom stereocenters. The molecule has 8 nitrogen and oxygen atoms in total. The molecule has 0 aliphatic carbocycles. The van der Waals surface area contributed by atoms with Crippen LogP contribution in [0.4, 0.5) is 5.69 Å². The van der Waals surface area contributed by atoms with Gasteiger partial charge in [-0.15, -0.1) is 0 Å². The minimum atomic E-state index is -3.99. The average molecular weight is 615 g/mol. The first kappa shape index (κ1) is 28.8. The lowest BCUT2D eigenvalue weighted by atomic mass is 10.00. The van der Waals surface area contributed by atoms with Crippen molar-refractivity contribution in [3.8, 4) is 5.75 Å². The van der Waals surface area contributed by atoms with Crippen LogP contribution in [-0.4, -0.2) is 51.3 Å². The summed E-state index contributed by atoms with van der Waals surface area (Å²) in [7, 11) is -1.12. The Morgan fingerprint density at radius 3 is 2.41 bits per heavy atom. The summed E-state index contributed by atoms with van der Waals surface area (Å²) in [6, 6.07) is 16.7. The van der Waals surface area contributed by atoms with E-state index < -0.39 is 22.0 Å². The van der Waals surface area contributed by atoms with E-state index in [4.69, 9.17) is 4.74 Å². The number of nitrogens with one attached hydrogen (secondary N) is 1. The van der Waals surface area contributed by atoms with Crippen molar-refractivity contribution in [1.82, 2.24) is 9.62 Å². The first-order valence-electron chi connectivity index (χ1n) is 12.6. The number of benzene rings is 3. The number of hydrogen-bond donors (Lipinski definition) is 1. The van der Waals surface area contributed by atoms with Gasteiger partial charge in [0.2, 0.25) is 15.9 Å². The maximum Gasteiger partial charge on any atom is 0.251 e. The Kier molecular flexibility index (Phi) is 8.78. The second-order valence-corrected chi connectivity index (χ2v) is 12.6. The molecule has 1 saturated heterocycles.